The number of rotatable bonds is 4. The van der Waals surface area contributed by atoms with Crippen LogP contribution in [0.1, 0.15) is 32.8 Å². The molecule has 0 aliphatic heterocycles. The van der Waals surface area contributed by atoms with E-state index in [1.807, 2.05) is 37.3 Å². The van der Waals surface area contributed by atoms with Crippen molar-refractivity contribution < 1.29 is 22.4 Å². The molecule has 1 atom stereocenters. The lowest BCUT2D eigenvalue weighted by atomic mass is 9.90. The molecule has 0 saturated heterocycles. The Morgan fingerprint density at radius 3 is 2.48 bits per heavy atom. The molecule has 3 rings (SSSR count). The number of nitrogen functional groups attached to an aromatic ring is 1. The summed E-state index contributed by atoms with van der Waals surface area (Å²) in [5.41, 5.74) is 2.70. The van der Waals surface area contributed by atoms with Gasteiger partial charge in [0.2, 0.25) is 6.20 Å². The first-order valence-corrected chi connectivity index (χ1v) is 10.6. The molecule has 29 heavy (non-hydrogen) atoms. The van der Waals surface area contributed by atoms with Gasteiger partial charge in [-0.2, -0.15) is 4.98 Å². The quantitative estimate of drug-likeness (QED) is 0.447. The van der Waals surface area contributed by atoms with Gasteiger partial charge in [-0.05, 0) is 32.8 Å². The molecule has 0 saturated carbocycles. The van der Waals surface area contributed by atoms with E-state index in [2.05, 4.69) is 4.98 Å². The maximum Gasteiger partial charge on any atom is 0.284 e. The molecule has 1 unspecified atom stereocenters. The topological polar surface area (TPSA) is 109 Å². The molecule has 7 nitrogen and oxygen atoms in total. The maximum atomic E-state index is 11.0. The van der Waals surface area contributed by atoms with Crippen LogP contribution in [0.15, 0.2) is 66.0 Å². The standard InChI is InChI=1S/C11H11ClN3O.C9H14O3S/c12-10-6-15(13)7-11(14-10)16-8-9-4-2-1-3-5-9;1-7-4-5-9(3,8(2)6-7)13(10,11)12/h1-7H,8H2,(H2,13,14);4,6H,5H2,1-3H3,(H,10,11,12)/q+1;/p-1. The molecule has 1 aromatic heterocycles. The van der Waals surface area contributed by atoms with E-state index in [1.165, 1.54) is 17.8 Å². The minimum atomic E-state index is -4.26. The SMILES string of the molecule is CC1=CCC(C)(S(=O)(=O)[O-])C(C)=C1.N[n+]1cc(Cl)nc(OCc2ccccc2)c1. The first-order chi connectivity index (χ1) is 13.5. The molecule has 0 radical (unpaired) electrons. The summed E-state index contributed by atoms with van der Waals surface area (Å²) >= 11 is 5.74. The highest BCUT2D eigenvalue weighted by Gasteiger charge is 2.34. The van der Waals surface area contributed by atoms with E-state index in [4.69, 9.17) is 22.2 Å². The molecule has 1 heterocycles. The number of aromatic nitrogens is 2. The molecular formula is C20H24ClN3O4S. The summed E-state index contributed by atoms with van der Waals surface area (Å²) in [6.07, 6.45) is 6.88. The summed E-state index contributed by atoms with van der Waals surface area (Å²) in [7, 11) is -4.26. The fourth-order valence-electron chi connectivity index (χ4n) is 2.62. The van der Waals surface area contributed by atoms with E-state index in [0.717, 1.165) is 11.1 Å². The van der Waals surface area contributed by atoms with Crippen molar-refractivity contribution >= 4 is 21.7 Å². The van der Waals surface area contributed by atoms with Gasteiger partial charge in [0.15, 0.2) is 5.15 Å². The Labute approximate surface area is 176 Å². The van der Waals surface area contributed by atoms with E-state index >= 15 is 0 Å². The van der Waals surface area contributed by atoms with Gasteiger partial charge in [0.25, 0.3) is 12.1 Å². The second kappa shape index (κ2) is 9.39. The van der Waals surface area contributed by atoms with Gasteiger partial charge in [-0.3, -0.25) is 0 Å². The number of nitrogens with zero attached hydrogens (tertiary/aromatic N) is 2. The van der Waals surface area contributed by atoms with Crippen LogP contribution in [-0.4, -0.2) is 22.7 Å². The molecule has 2 N–H and O–H groups in total. The van der Waals surface area contributed by atoms with Gasteiger partial charge in [0, 0.05) is 0 Å². The second-order valence-corrected chi connectivity index (χ2v) is 9.11. The average molecular weight is 438 g/mol. The summed E-state index contributed by atoms with van der Waals surface area (Å²) in [6.45, 7) is 5.49. The van der Waals surface area contributed by atoms with Crippen LogP contribution in [0.25, 0.3) is 0 Å². The highest BCUT2D eigenvalue weighted by Crippen LogP contribution is 2.33. The Balaban J connectivity index is 0.000000212. The molecule has 1 aromatic carbocycles. The largest absolute Gasteiger partial charge is 0.747 e. The number of halogens is 1. The number of allylic oxidation sites excluding steroid dienone is 3. The molecule has 0 amide bonds. The van der Waals surface area contributed by atoms with Crippen molar-refractivity contribution in [3.05, 3.63) is 76.7 Å². The van der Waals surface area contributed by atoms with Crippen LogP contribution in [0.4, 0.5) is 0 Å². The Kier molecular flexibility index (Phi) is 7.40. The molecule has 0 fully saturated rings. The van der Waals surface area contributed by atoms with Gasteiger partial charge < -0.3 is 9.29 Å². The zero-order valence-corrected chi connectivity index (χ0v) is 18.1. The highest BCUT2D eigenvalue weighted by molar-refractivity contribution is 7.87. The first-order valence-electron chi connectivity index (χ1n) is 8.83. The summed E-state index contributed by atoms with van der Waals surface area (Å²) in [5.74, 6) is 5.94. The Bertz CT molecular complexity index is 1000. The molecular weight excluding hydrogens is 414 g/mol. The molecule has 0 spiro atoms. The normalized spacial score (nSPS) is 18.8. The monoisotopic (exact) mass is 437 g/mol. The van der Waals surface area contributed by atoms with Crippen molar-refractivity contribution in [1.82, 2.24) is 4.98 Å². The Morgan fingerprint density at radius 1 is 1.28 bits per heavy atom. The minimum absolute atomic E-state index is 0.285. The smallest absolute Gasteiger partial charge is 0.284 e. The van der Waals surface area contributed by atoms with Crippen LogP contribution >= 0.6 is 11.6 Å². The minimum Gasteiger partial charge on any atom is -0.747 e. The van der Waals surface area contributed by atoms with Gasteiger partial charge in [0.05, 0.1) is 4.75 Å². The Hall–Kier alpha value is -2.42. The molecule has 0 bridgehead atoms. The number of nitrogens with two attached hydrogens (primary N) is 1. The van der Waals surface area contributed by atoms with E-state index in [9.17, 15) is 13.0 Å². The van der Waals surface area contributed by atoms with Crippen LogP contribution in [0, 0.1) is 0 Å². The summed E-state index contributed by atoms with van der Waals surface area (Å²) in [4.78, 5) is 3.99. The summed E-state index contributed by atoms with van der Waals surface area (Å²) in [5, 5.41) is 0.299. The van der Waals surface area contributed by atoms with Gasteiger partial charge in [-0.1, -0.05) is 69.9 Å². The predicted molar refractivity (Wildman–Crippen MR) is 111 cm³/mol. The zero-order chi connectivity index (χ0) is 21.7. The zero-order valence-electron chi connectivity index (χ0n) is 16.5. The molecule has 9 heteroatoms. The van der Waals surface area contributed by atoms with Crippen LogP contribution < -0.4 is 15.3 Å². The number of ether oxygens (including phenoxy) is 1. The fraction of sp³-hybridized carbons (Fsp3) is 0.300. The predicted octanol–water partition coefficient (Wildman–Crippen LogP) is 2.90. The highest BCUT2D eigenvalue weighted by atomic mass is 35.5. The van der Waals surface area contributed by atoms with Crippen LogP contribution in [-0.2, 0) is 16.7 Å². The van der Waals surface area contributed by atoms with E-state index < -0.39 is 14.9 Å². The Morgan fingerprint density at radius 2 is 1.93 bits per heavy atom. The first kappa shape index (κ1) is 22.9. The molecule has 2 aromatic rings. The van der Waals surface area contributed by atoms with Gasteiger partial charge in [-0.25, -0.2) is 14.3 Å². The van der Waals surface area contributed by atoms with Crippen molar-refractivity contribution in [1.29, 1.82) is 0 Å². The van der Waals surface area contributed by atoms with Crippen molar-refractivity contribution in [3.63, 3.8) is 0 Å². The molecule has 1 aliphatic rings. The fourth-order valence-corrected chi connectivity index (χ4v) is 3.56. The van der Waals surface area contributed by atoms with E-state index in [0.29, 0.717) is 23.2 Å². The lowest BCUT2D eigenvalue weighted by Gasteiger charge is -2.34. The van der Waals surface area contributed by atoms with E-state index in [-0.39, 0.29) is 6.42 Å². The van der Waals surface area contributed by atoms with Crippen molar-refractivity contribution in [2.75, 3.05) is 5.84 Å². The molecule has 1 aliphatic carbocycles. The van der Waals surface area contributed by atoms with E-state index in [1.54, 1.807) is 25.3 Å². The third kappa shape index (κ3) is 6.28. The lowest BCUT2D eigenvalue weighted by molar-refractivity contribution is -0.639. The van der Waals surface area contributed by atoms with Crippen molar-refractivity contribution in [2.45, 2.75) is 38.5 Å². The number of benzene rings is 1. The number of hydrogen-bond donors (Lipinski definition) is 1. The number of hydrogen-bond acceptors (Lipinski definition) is 6. The average Bonchev–Trinajstić information content (AvgIpc) is 2.63. The van der Waals surface area contributed by atoms with Gasteiger partial charge in [0.1, 0.15) is 16.7 Å². The maximum absolute atomic E-state index is 11.0. The second-order valence-electron chi connectivity index (χ2n) is 6.92. The van der Waals surface area contributed by atoms with Gasteiger partial charge in [-0.15, -0.1) is 0 Å². The molecule has 156 valence electrons. The van der Waals surface area contributed by atoms with Crippen molar-refractivity contribution in [3.8, 4) is 5.88 Å². The lowest BCUT2D eigenvalue weighted by Crippen LogP contribution is -2.43. The summed E-state index contributed by atoms with van der Waals surface area (Å²) in [6, 6.07) is 9.80. The van der Waals surface area contributed by atoms with Gasteiger partial charge >= 0.3 is 0 Å². The van der Waals surface area contributed by atoms with Crippen LogP contribution in [0.2, 0.25) is 5.15 Å². The van der Waals surface area contributed by atoms with Crippen LogP contribution in [0.3, 0.4) is 0 Å². The summed E-state index contributed by atoms with van der Waals surface area (Å²) < 4.78 is 38.5. The third-order valence-electron chi connectivity index (χ3n) is 4.61. The third-order valence-corrected chi connectivity index (χ3v) is 6.38. The van der Waals surface area contributed by atoms with Crippen molar-refractivity contribution in [2.24, 2.45) is 0 Å². The van der Waals surface area contributed by atoms with Crippen LogP contribution in [0.5, 0.6) is 5.88 Å².